The van der Waals surface area contributed by atoms with Crippen LogP contribution in [0.5, 0.6) is 11.5 Å². The fraction of sp³-hybridized carbons (Fsp3) is 0.273. The highest BCUT2D eigenvalue weighted by Gasteiger charge is 2.34. The molecule has 2 aromatic carbocycles. The predicted molar refractivity (Wildman–Crippen MR) is 110 cm³/mol. The first-order valence-electron chi connectivity index (χ1n) is 10.1. The summed E-state index contributed by atoms with van der Waals surface area (Å²) in [5, 5.41) is 8.49. The van der Waals surface area contributed by atoms with E-state index < -0.39 is 6.10 Å². The molecule has 1 saturated heterocycles. The number of ether oxygens (including phenoxy) is 2. The Morgan fingerprint density at radius 3 is 2.32 bits per heavy atom. The van der Waals surface area contributed by atoms with Crippen LogP contribution in [0.15, 0.2) is 60.8 Å². The summed E-state index contributed by atoms with van der Waals surface area (Å²) in [5.41, 5.74) is 1.07. The SMILES string of the molecule is O=C(c1cnn(-c2ccccc2)n1)N1CCN(C(=O)C2COc3ccccc3O2)CC1. The van der Waals surface area contributed by atoms with Gasteiger partial charge < -0.3 is 19.3 Å². The molecule has 5 rings (SSSR count). The van der Waals surface area contributed by atoms with Crippen molar-refractivity contribution in [2.24, 2.45) is 0 Å². The van der Waals surface area contributed by atoms with E-state index in [9.17, 15) is 9.59 Å². The van der Waals surface area contributed by atoms with Crippen LogP contribution in [0, 0.1) is 0 Å². The molecule has 0 saturated carbocycles. The van der Waals surface area contributed by atoms with Crippen molar-refractivity contribution in [3.8, 4) is 17.2 Å². The summed E-state index contributed by atoms with van der Waals surface area (Å²) >= 11 is 0. The average Bonchev–Trinajstić information content (AvgIpc) is 3.34. The van der Waals surface area contributed by atoms with Crippen LogP contribution < -0.4 is 9.47 Å². The molecule has 0 N–H and O–H groups in total. The highest BCUT2D eigenvalue weighted by atomic mass is 16.6. The van der Waals surface area contributed by atoms with Crippen molar-refractivity contribution in [2.45, 2.75) is 6.10 Å². The molecular formula is C22H21N5O4. The standard InChI is InChI=1S/C22H21N5O4/c28-21(17-14-23-27(24-17)16-6-2-1-3-7-16)25-10-12-26(13-11-25)22(29)20-15-30-18-8-4-5-9-19(18)31-20/h1-9,14,20H,10-13,15H2. The number of aromatic nitrogens is 3. The molecule has 1 unspecified atom stereocenters. The molecule has 1 atom stereocenters. The predicted octanol–water partition coefficient (Wildman–Crippen LogP) is 1.39. The van der Waals surface area contributed by atoms with Gasteiger partial charge in [0.1, 0.15) is 6.61 Å². The molecule has 1 fully saturated rings. The Morgan fingerprint density at radius 1 is 0.871 bits per heavy atom. The van der Waals surface area contributed by atoms with Gasteiger partial charge in [-0.05, 0) is 24.3 Å². The zero-order chi connectivity index (χ0) is 21.2. The first kappa shape index (κ1) is 19.1. The number of para-hydroxylation sites is 3. The molecule has 9 heteroatoms. The van der Waals surface area contributed by atoms with E-state index in [2.05, 4.69) is 10.2 Å². The number of rotatable bonds is 3. The molecule has 0 radical (unpaired) electrons. The van der Waals surface area contributed by atoms with Crippen LogP contribution in [0.3, 0.4) is 0 Å². The number of hydrogen-bond donors (Lipinski definition) is 0. The Hall–Kier alpha value is -3.88. The van der Waals surface area contributed by atoms with E-state index in [1.165, 1.54) is 11.0 Å². The summed E-state index contributed by atoms with van der Waals surface area (Å²) in [5.74, 6) is 0.894. The van der Waals surface area contributed by atoms with Crippen LogP contribution in [0.2, 0.25) is 0 Å². The fourth-order valence-electron chi connectivity index (χ4n) is 3.68. The van der Waals surface area contributed by atoms with E-state index in [1.54, 1.807) is 15.9 Å². The van der Waals surface area contributed by atoms with Crippen molar-refractivity contribution >= 4 is 11.8 Å². The Labute approximate surface area is 178 Å². The monoisotopic (exact) mass is 419 g/mol. The van der Waals surface area contributed by atoms with Gasteiger partial charge in [0.15, 0.2) is 17.2 Å². The Bertz CT molecular complexity index is 1090. The Kier molecular flexibility index (Phi) is 4.99. The van der Waals surface area contributed by atoms with E-state index in [0.717, 1.165) is 5.69 Å². The molecule has 3 heterocycles. The van der Waals surface area contributed by atoms with Gasteiger partial charge in [0.25, 0.3) is 11.8 Å². The van der Waals surface area contributed by atoms with E-state index in [-0.39, 0.29) is 24.1 Å². The molecular weight excluding hydrogens is 398 g/mol. The van der Waals surface area contributed by atoms with E-state index >= 15 is 0 Å². The first-order chi connectivity index (χ1) is 15.2. The van der Waals surface area contributed by atoms with Gasteiger partial charge in [-0.3, -0.25) is 9.59 Å². The Morgan fingerprint density at radius 2 is 1.55 bits per heavy atom. The van der Waals surface area contributed by atoms with Gasteiger partial charge in [0.05, 0.1) is 11.9 Å². The van der Waals surface area contributed by atoms with Crippen LogP contribution in [0.25, 0.3) is 5.69 Å². The molecule has 1 aromatic heterocycles. The summed E-state index contributed by atoms with van der Waals surface area (Å²) in [7, 11) is 0. The zero-order valence-electron chi connectivity index (χ0n) is 16.8. The maximum atomic E-state index is 12.9. The Balaban J connectivity index is 1.18. The van der Waals surface area contributed by atoms with Gasteiger partial charge in [-0.2, -0.15) is 9.90 Å². The molecule has 0 aliphatic carbocycles. The minimum absolute atomic E-state index is 0.128. The second-order valence-corrected chi connectivity index (χ2v) is 7.34. The van der Waals surface area contributed by atoms with Gasteiger partial charge >= 0.3 is 0 Å². The van der Waals surface area contributed by atoms with Gasteiger partial charge in [-0.1, -0.05) is 30.3 Å². The summed E-state index contributed by atoms with van der Waals surface area (Å²) < 4.78 is 11.5. The minimum atomic E-state index is -0.678. The first-order valence-corrected chi connectivity index (χ1v) is 10.1. The second-order valence-electron chi connectivity index (χ2n) is 7.34. The molecule has 9 nitrogen and oxygen atoms in total. The highest BCUT2D eigenvalue weighted by molar-refractivity contribution is 5.92. The topological polar surface area (TPSA) is 89.8 Å². The van der Waals surface area contributed by atoms with E-state index in [1.807, 2.05) is 48.5 Å². The normalized spacial score (nSPS) is 18.0. The quantitative estimate of drug-likeness (QED) is 0.637. The van der Waals surface area contributed by atoms with Gasteiger partial charge in [-0.15, -0.1) is 5.10 Å². The van der Waals surface area contributed by atoms with Crippen LogP contribution in [-0.2, 0) is 4.79 Å². The number of piperazine rings is 1. The number of benzene rings is 2. The minimum Gasteiger partial charge on any atom is -0.485 e. The van der Waals surface area contributed by atoms with Gasteiger partial charge in [0.2, 0.25) is 6.10 Å². The molecule has 2 aliphatic rings. The summed E-state index contributed by atoms with van der Waals surface area (Å²) in [6, 6.07) is 16.7. The number of fused-ring (bicyclic) bond motifs is 1. The highest BCUT2D eigenvalue weighted by Crippen LogP contribution is 2.31. The molecule has 31 heavy (non-hydrogen) atoms. The van der Waals surface area contributed by atoms with Crippen molar-refractivity contribution in [2.75, 3.05) is 32.8 Å². The molecule has 0 spiro atoms. The maximum Gasteiger partial charge on any atom is 0.276 e. The lowest BCUT2D eigenvalue weighted by Crippen LogP contribution is -2.55. The lowest BCUT2D eigenvalue weighted by Gasteiger charge is -2.36. The molecule has 158 valence electrons. The lowest BCUT2D eigenvalue weighted by atomic mass is 10.2. The second kappa shape index (κ2) is 8.10. The lowest BCUT2D eigenvalue weighted by molar-refractivity contribution is -0.142. The van der Waals surface area contributed by atoms with Gasteiger partial charge in [-0.25, -0.2) is 0 Å². The third kappa shape index (κ3) is 3.81. The molecule has 3 aromatic rings. The van der Waals surface area contributed by atoms with E-state index in [4.69, 9.17) is 9.47 Å². The number of nitrogens with zero attached hydrogens (tertiary/aromatic N) is 5. The fourth-order valence-corrected chi connectivity index (χ4v) is 3.68. The van der Waals surface area contributed by atoms with Crippen molar-refractivity contribution in [3.63, 3.8) is 0 Å². The number of carbonyl (C=O) groups excluding carboxylic acids is 2. The van der Waals surface area contributed by atoms with Crippen molar-refractivity contribution < 1.29 is 19.1 Å². The van der Waals surface area contributed by atoms with Crippen LogP contribution in [0.1, 0.15) is 10.5 Å². The largest absolute Gasteiger partial charge is 0.485 e. The van der Waals surface area contributed by atoms with Crippen LogP contribution in [-0.4, -0.2) is 75.5 Å². The van der Waals surface area contributed by atoms with Crippen LogP contribution in [0.4, 0.5) is 0 Å². The van der Waals surface area contributed by atoms with Gasteiger partial charge in [0, 0.05) is 26.2 Å². The summed E-state index contributed by atoms with van der Waals surface area (Å²) in [4.78, 5) is 30.5. The zero-order valence-corrected chi connectivity index (χ0v) is 16.8. The van der Waals surface area contributed by atoms with Crippen molar-refractivity contribution in [1.82, 2.24) is 24.8 Å². The molecule has 2 aliphatic heterocycles. The third-order valence-electron chi connectivity index (χ3n) is 5.36. The van der Waals surface area contributed by atoms with Crippen LogP contribution >= 0.6 is 0 Å². The summed E-state index contributed by atoms with van der Waals surface area (Å²) in [6.07, 6.45) is 0.792. The average molecular weight is 419 g/mol. The molecule has 2 amide bonds. The van der Waals surface area contributed by atoms with E-state index in [0.29, 0.717) is 37.7 Å². The summed E-state index contributed by atoms with van der Waals surface area (Å²) in [6.45, 7) is 1.88. The third-order valence-corrected chi connectivity index (χ3v) is 5.36. The smallest absolute Gasteiger partial charge is 0.276 e. The van der Waals surface area contributed by atoms with Crippen molar-refractivity contribution in [1.29, 1.82) is 0 Å². The van der Waals surface area contributed by atoms with Crippen molar-refractivity contribution in [3.05, 3.63) is 66.5 Å². The number of carbonyl (C=O) groups is 2. The number of amides is 2. The maximum absolute atomic E-state index is 12.9. The number of hydrogen-bond acceptors (Lipinski definition) is 6. The molecule has 0 bridgehead atoms.